The number of unbranched alkanes of at least 4 members (excludes halogenated alkanes) is 4. The smallest absolute Gasteiger partial charge is 0.153 e. The molecule has 0 aliphatic rings. The molecule has 2 nitrogen and oxygen atoms in total. The average molecular weight is 217 g/mol. The van der Waals surface area contributed by atoms with Crippen molar-refractivity contribution in [1.29, 1.82) is 0 Å². The van der Waals surface area contributed by atoms with Crippen molar-refractivity contribution in [3.05, 3.63) is 12.2 Å². The van der Waals surface area contributed by atoms with E-state index in [1.165, 1.54) is 25.7 Å². The van der Waals surface area contributed by atoms with E-state index in [-0.39, 0.29) is 5.25 Å². The Balaban J connectivity index is 3.44. The van der Waals surface area contributed by atoms with Crippen LogP contribution in [0.5, 0.6) is 0 Å². The van der Waals surface area contributed by atoms with Gasteiger partial charge in [0.15, 0.2) is 5.25 Å². The van der Waals surface area contributed by atoms with Crippen molar-refractivity contribution in [3.63, 3.8) is 0 Å². The largest absolute Gasteiger partial charge is 0.598 e. The molecule has 2 unspecified atom stereocenters. The first-order valence-corrected chi connectivity index (χ1v) is 6.69. The van der Waals surface area contributed by atoms with Gasteiger partial charge >= 0.3 is 0 Å². The Labute approximate surface area is 91.3 Å². The van der Waals surface area contributed by atoms with Gasteiger partial charge in [0.2, 0.25) is 0 Å². The standard InChI is InChI=1S/C11H23NOS/c1-4-5-6-7-8-9-10(2)11(3)14(12)13/h11H,2,4-9,12H2,1,3H3. The lowest BCUT2D eigenvalue weighted by molar-refractivity contribution is 0.584. The highest BCUT2D eigenvalue weighted by Gasteiger charge is 2.15. The molecule has 0 spiro atoms. The molecule has 0 amide bonds. The molecular weight excluding hydrogens is 194 g/mol. The van der Waals surface area contributed by atoms with E-state index < -0.39 is 11.4 Å². The number of nitrogens with two attached hydrogens (primary N) is 1. The van der Waals surface area contributed by atoms with E-state index in [1.807, 2.05) is 6.92 Å². The van der Waals surface area contributed by atoms with Gasteiger partial charge in [-0.3, -0.25) is 0 Å². The van der Waals surface area contributed by atoms with Gasteiger partial charge in [-0.15, -0.1) is 0 Å². The highest BCUT2D eigenvalue weighted by Crippen LogP contribution is 2.15. The average Bonchev–Trinajstić information content (AvgIpc) is 2.16. The zero-order chi connectivity index (χ0) is 11.0. The highest BCUT2D eigenvalue weighted by atomic mass is 32.2. The molecule has 0 fully saturated rings. The summed E-state index contributed by atoms with van der Waals surface area (Å²) in [6, 6.07) is 0. The van der Waals surface area contributed by atoms with Gasteiger partial charge in [0, 0.05) is 11.4 Å². The van der Waals surface area contributed by atoms with E-state index in [1.54, 1.807) is 0 Å². The minimum Gasteiger partial charge on any atom is -0.598 e. The van der Waals surface area contributed by atoms with Crippen LogP contribution in [0.1, 0.15) is 52.4 Å². The maximum Gasteiger partial charge on any atom is 0.153 e. The molecule has 0 heterocycles. The van der Waals surface area contributed by atoms with Crippen molar-refractivity contribution in [2.75, 3.05) is 0 Å². The van der Waals surface area contributed by atoms with E-state index in [2.05, 4.69) is 13.5 Å². The third kappa shape index (κ3) is 6.46. The van der Waals surface area contributed by atoms with Gasteiger partial charge < -0.3 is 4.55 Å². The molecule has 2 N–H and O–H groups in total. The number of rotatable bonds is 8. The summed E-state index contributed by atoms with van der Waals surface area (Å²) in [4.78, 5) is 0. The van der Waals surface area contributed by atoms with Crippen LogP contribution in [-0.2, 0) is 11.4 Å². The van der Waals surface area contributed by atoms with Crippen LogP contribution >= 0.6 is 0 Å². The fourth-order valence-corrected chi connectivity index (χ4v) is 1.77. The predicted molar refractivity (Wildman–Crippen MR) is 64.3 cm³/mol. The fourth-order valence-electron chi connectivity index (χ4n) is 1.32. The maximum absolute atomic E-state index is 10.9. The molecule has 84 valence electrons. The molecular formula is C11H23NOS. The Kier molecular flexibility index (Phi) is 8.34. The third-order valence-electron chi connectivity index (χ3n) is 2.52. The molecule has 0 saturated heterocycles. The van der Waals surface area contributed by atoms with Gasteiger partial charge in [-0.05, 0) is 25.3 Å². The Morgan fingerprint density at radius 3 is 2.43 bits per heavy atom. The topological polar surface area (TPSA) is 49.1 Å². The molecule has 0 aliphatic carbocycles. The van der Waals surface area contributed by atoms with Gasteiger partial charge in [-0.2, -0.15) is 5.14 Å². The Hall–Kier alpha value is 0.01000. The summed E-state index contributed by atoms with van der Waals surface area (Å²) >= 11 is -1.25. The van der Waals surface area contributed by atoms with Crippen molar-refractivity contribution in [1.82, 2.24) is 0 Å². The van der Waals surface area contributed by atoms with Crippen LogP contribution in [0.25, 0.3) is 0 Å². The Bertz CT molecular complexity index is 159. The van der Waals surface area contributed by atoms with Crippen LogP contribution in [0, 0.1) is 0 Å². The summed E-state index contributed by atoms with van der Waals surface area (Å²) in [7, 11) is 0. The van der Waals surface area contributed by atoms with E-state index in [0.29, 0.717) is 0 Å². The van der Waals surface area contributed by atoms with E-state index in [9.17, 15) is 4.55 Å². The van der Waals surface area contributed by atoms with E-state index >= 15 is 0 Å². The second-order valence-corrected chi connectivity index (χ2v) is 5.16. The molecule has 0 aromatic heterocycles. The summed E-state index contributed by atoms with van der Waals surface area (Å²) in [6.07, 6.45) is 7.24. The summed E-state index contributed by atoms with van der Waals surface area (Å²) in [5, 5.41) is 5.25. The molecule has 0 saturated carbocycles. The lowest BCUT2D eigenvalue weighted by Crippen LogP contribution is -2.27. The molecule has 14 heavy (non-hydrogen) atoms. The summed E-state index contributed by atoms with van der Waals surface area (Å²) in [6.45, 7) is 8.01. The fraction of sp³-hybridized carbons (Fsp3) is 0.818. The van der Waals surface area contributed by atoms with Crippen LogP contribution in [0.15, 0.2) is 12.2 Å². The summed E-state index contributed by atoms with van der Waals surface area (Å²) in [5.74, 6) is 0. The zero-order valence-corrected chi connectivity index (χ0v) is 10.2. The molecule has 0 aromatic rings. The minimum atomic E-state index is -1.25. The quantitative estimate of drug-likeness (QED) is 0.386. The molecule has 0 rings (SSSR count). The summed E-state index contributed by atoms with van der Waals surface area (Å²) < 4.78 is 10.9. The van der Waals surface area contributed by atoms with Crippen LogP contribution < -0.4 is 5.14 Å². The second-order valence-electron chi connectivity index (χ2n) is 3.79. The van der Waals surface area contributed by atoms with Gasteiger partial charge in [-0.1, -0.05) is 39.2 Å². The lowest BCUT2D eigenvalue weighted by atomic mass is 10.1. The van der Waals surface area contributed by atoms with Gasteiger partial charge in [0.25, 0.3) is 0 Å². The van der Waals surface area contributed by atoms with Crippen molar-refractivity contribution in [3.8, 4) is 0 Å². The van der Waals surface area contributed by atoms with Crippen molar-refractivity contribution >= 4 is 11.4 Å². The second kappa shape index (κ2) is 8.33. The molecule has 2 atom stereocenters. The first-order chi connectivity index (χ1) is 6.59. The first-order valence-electron chi connectivity index (χ1n) is 5.42. The Morgan fingerprint density at radius 1 is 1.36 bits per heavy atom. The zero-order valence-electron chi connectivity index (χ0n) is 9.42. The Morgan fingerprint density at radius 2 is 1.93 bits per heavy atom. The SMILES string of the molecule is C=C(CCCCCCC)C(C)[S+](N)[O-]. The molecule has 0 aliphatic heterocycles. The molecule has 0 aromatic carbocycles. The monoisotopic (exact) mass is 217 g/mol. The van der Waals surface area contributed by atoms with E-state index in [0.717, 1.165) is 18.4 Å². The van der Waals surface area contributed by atoms with Crippen LogP contribution in [0.2, 0.25) is 0 Å². The minimum absolute atomic E-state index is 0.0545. The van der Waals surface area contributed by atoms with Gasteiger partial charge in [-0.25, -0.2) is 0 Å². The van der Waals surface area contributed by atoms with Crippen molar-refractivity contribution in [2.45, 2.75) is 57.6 Å². The van der Waals surface area contributed by atoms with Gasteiger partial charge in [0.05, 0.1) is 0 Å². The van der Waals surface area contributed by atoms with Crippen molar-refractivity contribution in [2.24, 2.45) is 5.14 Å². The molecule has 0 radical (unpaired) electrons. The lowest BCUT2D eigenvalue weighted by Gasteiger charge is -2.14. The summed E-state index contributed by atoms with van der Waals surface area (Å²) in [5.41, 5.74) is 1.03. The number of hydrogen-bond acceptors (Lipinski definition) is 2. The predicted octanol–water partition coefficient (Wildman–Crippen LogP) is 2.91. The van der Waals surface area contributed by atoms with Crippen LogP contribution in [0.4, 0.5) is 0 Å². The first kappa shape index (κ1) is 14.0. The normalized spacial score (nSPS) is 15.1. The van der Waals surface area contributed by atoms with E-state index in [4.69, 9.17) is 5.14 Å². The molecule has 3 heteroatoms. The van der Waals surface area contributed by atoms with Crippen molar-refractivity contribution < 1.29 is 4.55 Å². The number of hydrogen-bond donors (Lipinski definition) is 1. The maximum atomic E-state index is 10.9. The van der Waals surface area contributed by atoms with Crippen LogP contribution in [-0.4, -0.2) is 9.80 Å². The highest BCUT2D eigenvalue weighted by molar-refractivity contribution is 7.89. The third-order valence-corrected chi connectivity index (χ3v) is 3.56. The van der Waals surface area contributed by atoms with Crippen LogP contribution in [0.3, 0.4) is 0 Å². The van der Waals surface area contributed by atoms with Gasteiger partial charge in [0.1, 0.15) is 0 Å². The molecule has 0 bridgehead atoms.